The highest BCUT2D eigenvalue weighted by molar-refractivity contribution is 14.0. The monoisotopic (exact) mass is 546 g/mol. The van der Waals surface area contributed by atoms with E-state index in [-0.39, 0.29) is 24.0 Å². The molecule has 0 aromatic heterocycles. The number of ether oxygens (including phenoxy) is 2. The second-order valence-electron chi connectivity index (χ2n) is 7.90. The quantitative estimate of drug-likeness (QED) is 0.188. The predicted molar refractivity (Wildman–Crippen MR) is 141 cm³/mol. The summed E-state index contributed by atoms with van der Waals surface area (Å²) in [4.78, 5) is 9.48. The summed E-state index contributed by atoms with van der Waals surface area (Å²) in [6.07, 6.45) is 4.48. The lowest BCUT2D eigenvalue weighted by molar-refractivity contribution is 0.00985. The van der Waals surface area contributed by atoms with Crippen LogP contribution in [-0.2, 0) is 15.9 Å². The number of piperidine rings is 1. The van der Waals surface area contributed by atoms with Gasteiger partial charge in [0.2, 0.25) is 0 Å². The number of likely N-dealkylation sites (N-methyl/N-ethyl adjacent to an activating group) is 1. The molecule has 1 N–H and O–H groups in total. The van der Waals surface area contributed by atoms with Crippen LogP contribution in [-0.4, -0.2) is 88.0 Å². The van der Waals surface area contributed by atoms with Crippen LogP contribution in [0.3, 0.4) is 0 Å². The number of nitrogens with one attached hydrogen (secondary N) is 1. The van der Waals surface area contributed by atoms with Crippen LogP contribution in [0.1, 0.15) is 38.7 Å². The Morgan fingerprint density at radius 3 is 2.42 bits per heavy atom. The molecule has 1 saturated heterocycles. The van der Waals surface area contributed by atoms with Crippen molar-refractivity contribution in [2.45, 2.75) is 51.7 Å². The molecule has 1 fully saturated rings. The Bertz CT molecular complexity index is 591. The molecule has 1 aliphatic rings. The zero-order valence-electron chi connectivity index (χ0n) is 19.9. The van der Waals surface area contributed by atoms with Crippen LogP contribution in [0.5, 0.6) is 0 Å². The van der Waals surface area contributed by atoms with Gasteiger partial charge in [0, 0.05) is 53.0 Å². The molecule has 1 aromatic rings. The average molecular weight is 547 g/mol. The molecule has 2 rings (SSSR count). The van der Waals surface area contributed by atoms with Crippen LogP contribution < -0.4 is 5.32 Å². The molecule has 1 unspecified atom stereocenters. The average Bonchev–Trinajstić information content (AvgIpc) is 2.79. The molecule has 6 nitrogen and oxygen atoms in total. The first-order valence-electron chi connectivity index (χ1n) is 11.6. The van der Waals surface area contributed by atoms with Crippen molar-refractivity contribution in [2.24, 2.45) is 4.99 Å². The second-order valence-corrected chi connectivity index (χ2v) is 7.90. The van der Waals surface area contributed by atoms with Gasteiger partial charge in [0.05, 0.1) is 6.10 Å². The van der Waals surface area contributed by atoms with Gasteiger partial charge in [-0.3, -0.25) is 9.89 Å². The first-order chi connectivity index (χ1) is 14.7. The molecule has 1 aliphatic heterocycles. The highest BCUT2D eigenvalue weighted by Crippen LogP contribution is 2.15. The van der Waals surface area contributed by atoms with E-state index in [0.29, 0.717) is 12.1 Å². The summed E-state index contributed by atoms with van der Waals surface area (Å²) in [6, 6.07) is 11.2. The first-order valence-corrected chi connectivity index (χ1v) is 11.6. The fraction of sp³-hybridized carbons (Fsp3) is 0.708. The molecular formula is C24H43IN4O2. The number of guanidine groups is 1. The van der Waals surface area contributed by atoms with Crippen LogP contribution in [0.4, 0.5) is 0 Å². The normalized spacial score (nSPS) is 16.3. The number of rotatable bonds is 12. The molecule has 0 amide bonds. The Hall–Kier alpha value is -0.900. The smallest absolute Gasteiger partial charge is 0.193 e. The zero-order chi connectivity index (χ0) is 21.6. The lowest BCUT2D eigenvalue weighted by Crippen LogP contribution is -2.51. The maximum absolute atomic E-state index is 6.00. The van der Waals surface area contributed by atoms with Gasteiger partial charge in [0.25, 0.3) is 0 Å². The van der Waals surface area contributed by atoms with Gasteiger partial charge in [-0.25, -0.2) is 0 Å². The minimum absolute atomic E-state index is 0. The van der Waals surface area contributed by atoms with E-state index in [2.05, 4.69) is 64.3 Å². The second kappa shape index (κ2) is 16.7. The Morgan fingerprint density at radius 1 is 1.16 bits per heavy atom. The van der Waals surface area contributed by atoms with Gasteiger partial charge in [-0.05, 0) is 44.3 Å². The number of nitrogens with zero attached hydrogens (tertiary/aromatic N) is 3. The van der Waals surface area contributed by atoms with E-state index in [1.54, 1.807) is 7.11 Å². The third kappa shape index (κ3) is 10.1. The minimum atomic E-state index is 0. The molecular weight excluding hydrogens is 503 g/mol. The van der Waals surface area contributed by atoms with E-state index < -0.39 is 0 Å². The predicted octanol–water partition coefficient (Wildman–Crippen LogP) is 3.65. The van der Waals surface area contributed by atoms with Crippen LogP contribution in [0.2, 0.25) is 0 Å². The Balaban J connectivity index is 0.00000480. The first kappa shape index (κ1) is 28.1. The molecule has 1 heterocycles. The molecule has 1 atom stereocenters. The van der Waals surface area contributed by atoms with Crippen molar-refractivity contribution in [3.05, 3.63) is 35.9 Å². The maximum atomic E-state index is 6.00. The largest absolute Gasteiger partial charge is 0.385 e. The van der Waals surface area contributed by atoms with Crippen molar-refractivity contribution >= 4 is 29.9 Å². The summed E-state index contributed by atoms with van der Waals surface area (Å²) in [5.74, 6) is 1.01. The van der Waals surface area contributed by atoms with Crippen LogP contribution >= 0.6 is 24.0 Å². The van der Waals surface area contributed by atoms with E-state index in [1.807, 2.05) is 7.05 Å². The topological polar surface area (TPSA) is 49.3 Å². The third-order valence-electron chi connectivity index (χ3n) is 5.94. The summed E-state index contributed by atoms with van der Waals surface area (Å²) >= 11 is 0. The minimum Gasteiger partial charge on any atom is -0.385 e. The number of halogens is 1. The van der Waals surface area contributed by atoms with Crippen molar-refractivity contribution < 1.29 is 9.47 Å². The molecule has 0 aliphatic carbocycles. The number of likely N-dealkylation sites (tertiary alicyclic amines) is 1. The number of methoxy groups -OCH3 is 1. The van der Waals surface area contributed by atoms with E-state index in [4.69, 9.17) is 9.47 Å². The maximum Gasteiger partial charge on any atom is 0.193 e. The summed E-state index contributed by atoms with van der Waals surface area (Å²) in [6.45, 7) is 11.0. The van der Waals surface area contributed by atoms with Crippen molar-refractivity contribution in [3.8, 4) is 0 Å². The highest BCUT2D eigenvalue weighted by Gasteiger charge is 2.23. The lowest BCUT2D eigenvalue weighted by Gasteiger charge is -2.36. The summed E-state index contributed by atoms with van der Waals surface area (Å²) in [5, 5.41) is 3.66. The van der Waals surface area contributed by atoms with Gasteiger partial charge in [-0.2, -0.15) is 0 Å². The molecule has 0 radical (unpaired) electrons. The molecule has 31 heavy (non-hydrogen) atoms. The summed E-state index contributed by atoms with van der Waals surface area (Å²) in [7, 11) is 3.63. The van der Waals surface area contributed by atoms with Gasteiger partial charge >= 0.3 is 0 Å². The Labute approximate surface area is 206 Å². The van der Waals surface area contributed by atoms with Crippen LogP contribution in [0.25, 0.3) is 0 Å². The fourth-order valence-electron chi connectivity index (χ4n) is 4.19. The molecule has 178 valence electrons. The van der Waals surface area contributed by atoms with Crippen molar-refractivity contribution in [1.29, 1.82) is 0 Å². The number of hydrogen-bond donors (Lipinski definition) is 1. The number of hydrogen-bond acceptors (Lipinski definition) is 4. The zero-order valence-corrected chi connectivity index (χ0v) is 22.2. The van der Waals surface area contributed by atoms with Gasteiger partial charge in [0.15, 0.2) is 5.96 Å². The van der Waals surface area contributed by atoms with Gasteiger partial charge < -0.3 is 19.7 Å². The molecule has 0 bridgehead atoms. The van der Waals surface area contributed by atoms with Crippen molar-refractivity contribution in [1.82, 2.24) is 15.1 Å². The molecule has 0 spiro atoms. The SMILES string of the molecule is CCN(CC)C(CNC(=NC)N1CCC(OCCCOC)CC1)Cc1ccccc1.I. The van der Waals surface area contributed by atoms with Gasteiger partial charge in [-0.1, -0.05) is 44.2 Å². The summed E-state index contributed by atoms with van der Waals surface area (Å²) < 4.78 is 11.1. The van der Waals surface area contributed by atoms with Crippen LogP contribution in [0.15, 0.2) is 35.3 Å². The van der Waals surface area contributed by atoms with Crippen molar-refractivity contribution in [2.75, 3.05) is 60.1 Å². The number of benzene rings is 1. The Morgan fingerprint density at radius 2 is 1.84 bits per heavy atom. The van der Waals surface area contributed by atoms with E-state index in [1.165, 1.54) is 5.56 Å². The third-order valence-corrected chi connectivity index (χ3v) is 5.94. The molecule has 1 aromatic carbocycles. The standard InChI is InChI=1S/C24H42N4O2.HI/c1-5-27(6-2)22(19-21-11-8-7-9-12-21)20-26-24(25-3)28-15-13-23(14-16-28)30-18-10-17-29-4;/h7-9,11-12,22-23H,5-6,10,13-20H2,1-4H3,(H,25,26);1H. The molecule has 7 heteroatoms. The lowest BCUT2D eigenvalue weighted by atomic mass is 10.0. The van der Waals surface area contributed by atoms with Gasteiger partial charge in [-0.15, -0.1) is 24.0 Å². The molecule has 0 saturated carbocycles. The summed E-state index contributed by atoms with van der Waals surface area (Å²) in [5.41, 5.74) is 1.39. The van der Waals surface area contributed by atoms with E-state index in [0.717, 1.165) is 77.6 Å². The number of aliphatic imine (C=N–C) groups is 1. The Kier molecular flexibility index (Phi) is 15.2. The highest BCUT2D eigenvalue weighted by atomic mass is 127. The van der Waals surface area contributed by atoms with Crippen LogP contribution in [0, 0.1) is 0 Å². The van der Waals surface area contributed by atoms with Crippen molar-refractivity contribution in [3.63, 3.8) is 0 Å². The van der Waals surface area contributed by atoms with E-state index >= 15 is 0 Å². The fourth-order valence-corrected chi connectivity index (χ4v) is 4.19. The van der Waals surface area contributed by atoms with Gasteiger partial charge in [0.1, 0.15) is 0 Å². The van der Waals surface area contributed by atoms with E-state index in [9.17, 15) is 0 Å².